The first-order valence-electron chi connectivity index (χ1n) is 8.47. The number of aliphatic carboxylic acids is 2. The van der Waals surface area contributed by atoms with Crippen molar-refractivity contribution in [3.05, 3.63) is 71.9 Å². The molecule has 1 aromatic heterocycles. The standard InChI is InChI=1S/C20H18N4O4/c25-18(26)11-13-5-7-15(8-6-13)22-20-21-10-9-17(24-20)23-16-4-2-1-3-14(16)12-19(27)28/h1-10H,11-12H2,(H,25,26)(H,27,28)(H2,21,22,23,24). The van der Waals surface area contributed by atoms with Gasteiger partial charge in [-0.1, -0.05) is 30.3 Å². The zero-order valence-electron chi connectivity index (χ0n) is 14.8. The summed E-state index contributed by atoms with van der Waals surface area (Å²) in [5.74, 6) is -0.929. The van der Waals surface area contributed by atoms with Crippen LogP contribution in [0.3, 0.4) is 0 Å². The fourth-order valence-electron chi connectivity index (χ4n) is 2.60. The minimum Gasteiger partial charge on any atom is -0.481 e. The predicted octanol–water partition coefficient (Wildman–Crippen LogP) is 3.22. The fourth-order valence-corrected chi connectivity index (χ4v) is 2.60. The number of hydrogen-bond donors (Lipinski definition) is 4. The first-order chi connectivity index (χ1) is 13.5. The van der Waals surface area contributed by atoms with Gasteiger partial charge < -0.3 is 20.8 Å². The molecule has 0 bridgehead atoms. The zero-order chi connectivity index (χ0) is 19.9. The van der Waals surface area contributed by atoms with Crippen molar-refractivity contribution in [1.29, 1.82) is 0 Å². The number of nitrogens with zero attached hydrogens (tertiary/aromatic N) is 2. The van der Waals surface area contributed by atoms with Crippen LogP contribution in [0.5, 0.6) is 0 Å². The van der Waals surface area contributed by atoms with Crippen molar-refractivity contribution in [2.45, 2.75) is 12.8 Å². The van der Waals surface area contributed by atoms with Crippen molar-refractivity contribution in [2.24, 2.45) is 0 Å². The number of carboxylic acid groups (broad SMARTS) is 2. The van der Waals surface area contributed by atoms with Crippen LogP contribution in [0, 0.1) is 0 Å². The molecule has 0 unspecified atom stereocenters. The summed E-state index contributed by atoms with van der Waals surface area (Å²) in [6, 6.07) is 15.8. The number of carbonyl (C=O) groups is 2. The average molecular weight is 378 g/mol. The molecule has 8 nitrogen and oxygen atoms in total. The number of nitrogens with one attached hydrogen (secondary N) is 2. The minimum atomic E-state index is -0.911. The number of benzene rings is 2. The predicted molar refractivity (Wildman–Crippen MR) is 104 cm³/mol. The molecule has 0 aliphatic carbocycles. The SMILES string of the molecule is O=C(O)Cc1ccc(Nc2nccc(Nc3ccccc3CC(=O)O)n2)cc1. The maximum absolute atomic E-state index is 11.0. The largest absolute Gasteiger partial charge is 0.481 e. The molecule has 3 aromatic rings. The second-order valence-electron chi connectivity index (χ2n) is 6.01. The third-order valence-electron chi connectivity index (χ3n) is 3.84. The van der Waals surface area contributed by atoms with Crippen LogP contribution in [0.15, 0.2) is 60.8 Å². The van der Waals surface area contributed by atoms with Crippen LogP contribution >= 0.6 is 0 Å². The van der Waals surface area contributed by atoms with E-state index in [2.05, 4.69) is 20.6 Å². The highest BCUT2D eigenvalue weighted by atomic mass is 16.4. The minimum absolute atomic E-state index is 0.0358. The lowest BCUT2D eigenvalue weighted by molar-refractivity contribution is -0.137. The lowest BCUT2D eigenvalue weighted by Gasteiger charge is -2.11. The van der Waals surface area contributed by atoms with E-state index in [1.807, 2.05) is 6.07 Å². The number of aromatic nitrogens is 2. The Bertz CT molecular complexity index is 990. The van der Waals surface area contributed by atoms with Gasteiger partial charge >= 0.3 is 11.9 Å². The molecule has 0 radical (unpaired) electrons. The fraction of sp³-hybridized carbons (Fsp3) is 0.100. The molecule has 0 aliphatic rings. The smallest absolute Gasteiger partial charge is 0.307 e. The Hall–Kier alpha value is -3.94. The van der Waals surface area contributed by atoms with Crippen molar-refractivity contribution in [3.8, 4) is 0 Å². The molecule has 0 fully saturated rings. The second kappa shape index (κ2) is 8.63. The van der Waals surface area contributed by atoms with Gasteiger partial charge in [0.15, 0.2) is 0 Å². The molecular weight excluding hydrogens is 360 g/mol. The van der Waals surface area contributed by atoms with Gasteiger partial charge in [-0.2, -0.15) is 4.98 Å². The molecular formula is C20H18N4O4. The third kappa shape index (κ3) is 5.28. The topological polar surface area (TPSA) is 124 Å². The lowest BCUT2D eigenvalue weighted by atomic mass is 10.1. The van der Waals surface area contributed by atoms with E-state index in [0.29, 0.717) is 28.6 Å². The van der Waals surface area contributed by atoms with Crippen LogP contribution in [-0.4, -0.2) is 32.1 Å². The quantitative estimate of drug-likeness (QED) is 0.471. The van der Waals surface area contributed by atoms with Gasteiger partial charge in [0, 0.05) is 17.6 Å². The summed E-state index contributed by atoms with van der Waals surface area (Å²) in [7, 11) is 0. The third-order valence-corrected chi connectivity index (χ3v) is 3.84. The van der Waals surface area contributed by atoms with Crippen molar-refractivity contribution in [3.63, 3.8) is 0 Å². The summed E-state index contributed by atoms with van der Waals surface area (Å²) in [5.41, 5.74) is 2.73. The lowest BCUT2D eigenvalue weighted by Crippen LogP contribution is -2.05. The Morgan fingerprint density at radius 2 is 1.57 bits per heavy atom. The normalized spacial score (nSPS) is 10.3. The van der Waals surface area contributed by atoms with Crippen LogP contribution in [0.1, 0.15) is 11.1 Å². The number of hydrogen-bond acceptors (Lipinski definition) is 6. The van der Waals surface area contributed by atoms with E-state index in [0.717, 1.165) is 5.69 Å². The number of para-hydroxylation sites is 1. The zero-order valence-corrected chi connectivity index (χ0v) is 14.8. The highest BCUT2D eigenvalue weighted by Crippen LogP contribution is 2.21. The summed E-state index contributed by atoms with van der Waals surface area (Å²) >= 11 is 0. The van der Waals surface area contributed by atoms with Crippen LogP contribution < -0.4 is 10.6 Å². The van der Waals surface area contributed by atoms with Crippen LogP contribution in [0.2, 0.25) is 0 Å². The van der Waals surface area contributed by atoms with E-state index in [1.54, 1.807) is 54.7 Å². The second-order valence-corrected chi connectivity index (χ2v) is 6.01. The van der Waals surface area contributed by atoms with E-state index >= 15 is 0 Å². The van der Waals surface area contributed by atoms with Crippen molar-refractivity contribution >= 4 is 35.1 Å². The Kier molecular flexibility index (Phi) is 5.81. The Morgan fingerprint density at radius 1 is 0.857 bits per heavy atom. The van der Waals surface area contributed by atoms with Gasteiger partial charge in [-0.25, -0.2) is 4.98 Å². The van der Waals surface area contributed by atoms with Gasteiger partial charge in [0.2, 0.25) is 5.95 Å². The van der Waals surface area contributed by atoms with Crippen LogP contribution in [0.4, 0.5) is 23.1 Å². The molecule has 0 aliphatic heterocycles. The van der Waals surface area contributed by atoms with E-state index < -0.39 is 11.9 Å². The van der Waals surface area contributed by atoms with Gasteiger partial charge in [0.05, 0.1) is 12.8 Å². The van der Waals surface area contributed by atoms with Crippen LogP contribution in [0.25, 0.3) is 0 Å². The molecule has 4 N–H and O–H groups in total. The monoisotopic (exact) mass is 378 g/mol. The number of carboxylic acids is 2. The molecule has 8 heteroatoms. The summed E-state index contributed by atoms with van der Waals surface area (Å²) in [6.45, 7) is 0. The molecule has 28 heavy (non-hydrogen) atoms. The summed E-state index contributed by atoms with van der Waals surface area (Å²) in [6.07, 6.45) is 1.45. The van der Waals surface area contributed by atoms with E-state index in [4.69, 9.17) is 10.2 Å². The Morgan fingerprint density at radius 3 is 2.29 bits per heavy atom. The van der Waals surface area contributed by atoms with Gasteiger partial charge in [-0.15, -0.1) is 0 Å². The maximum Gasteiger partial charge on any atom is 0.307 e. The summed E-state index contributed by atoms with van der Waals surface area (Å²) in [5, 5.41) is 24.0. The van der Waals surface area contributed by atoms with Gasteiger partial charge in [-0.05, 0) is 35.4 Å². The maximum atomic E-state index is 11.0. The first-order valence-corrected chi connectivity index (χ1v) is 8.47. The number of rotatable bonds is 8. The molecule has 0 saturated heterocycles. The Balaban J connectivity index is 1.73. The van der Waals surface area contributed by atoms with Crippen molar-refractivity contribution in [1.82, 2.24) is 9.97 Å². The molecule has 1 heterocycles. The van der Waals surface area contributed by atoms with Crippen molar-refractivity contribution in [2.75, 3.05) is 10.6 Å². The highest BCUT2D eigenvalue weighted by molar-refractivity contribution is 5.74. The molecule has 0 amide bonds. The first kappa shape index (κ1) is 18.8. The van der Waals surface area contributed by atoms with Gasteiger partial charge in [0.25, 0.3) is 0 Å². The van der Waals surface area contributed by atoms with Gasteiger partial charge in [0.1, 0.15) is 5.82 Å². The van der Waals surface area contributed by atoms with Gasteiger partial charge in [-0.3, -0.25) is 9.59 Å². The highest BCUT2D eigenvalue weighted by Gasteiger charge is 2.08. The van der Waals surface area contributed by atoms with E-state index in [-0.39, 0.29) is 12.8 Å². The Labute approximate surface area is 160 Å². The molecule has 2 aromatic carbocycles. The molecule has 0 saturated carbocycles. The molecule has 142 valence electrons. The van der Waals surface area contributed by atoms with E-state index in [9.17, 15) is 9.59 Å². The van der Waals surface area contributed by atoms with Crippen molar-refractivity contribution < 1.29 is 19.8 Å². The molecule has 0 spiro atoms. The molecule has 3 rings (SSSR count). The van der Waals surface area contributed by atoms with E-state index in [1.165, 1.54) is 0 Å². The van der Waals surface area contributed by atoms with Crippen LogP contribution in [-0.2, 0) is 22.4 Å². The molecule has 0 atom stereocenters. The summed E-state index contributed by atoms with van der Waals surface area (Å²) < 4.78 is 0. The average Bonchev–Trinajstić information content (AvgIpc) is 2.64. The summed E-state index contributed by atoms with van der Waals surface area (Å²) in [4.78, 5) is 30.3. The number of anilines is 4.